The maximum atomic E-state index is 5.28. The number of benzene rings is 2. The molecule has 0 spiro atoms. The fraction of sp³-hybridized carbons (Fsp3) is 0.100. The number of hydrogen-bond donors (Lipinski definition) is 0. The average Bonchev–Trinajstić information content (AvgIpc) is 3.11. The van der Waals surface area contributed by atoms with Crippen LogP contribution < -0.4 is 9.47 Å². The smallest absolute Gasteiger partial charge is 0.212 e. The predicted octanol–water partition coefficient (Wildman–Crippen LogP) is 5.04. The first-order chi connectivity index (χ1) is 12.3. The molecule has 5 heteroatoms. The summed E-state index contributed by atoms with van der Waals surface area (Å²) in [5.74, 6) is 1.47. The van der Waals surface area contributed by atoms with Crippen molar-refractivity contribution in [1.29, 1.82) is 0 Å². The van der Waals surface area contributed by atoms with E-state index in [2.05, 4.69) is 29.2 Å². The second-order valence-corrected chi connectivity index (χ2v) is 6.55. The van der Waals surface area contributed by atoms with Crippen LogP contribution in [-0.2, 0) is 0 Å². The van der Waals surface area contributed by atoms with Crippen molar-refractivity contribution in [3.8, 4) is 33.3 Å². The van der Waals surface area contributed by atoms with Gasteiger partial charge < -0.3 is 9.47 Å². The van der Waals surface area contributed by atoms with Gasteiger partial charge in [-0.05, 0) is 29.8 Å². The minimum Gasteiger partial charge on any atom is -0.497 e. The summed E-state index contributed by atoms with van der Waals surface area (Å²) in [4.78, 5) is 8.97. The van der Waals surface area contributed by atoms with Gasteiger partial charge in [-0.3, -0.25) is 0 Å². The Hall–Kier alpha value is -2.92. The van der Waals surface area contributed by atoms with E-state index in [0.717, 1.165) is 37.7 Å². The molecule has 4 rings (SSSR count). The molecule has 0 unspecified atom stereocenters. The Morgan fingerprint density at radius 1 is 0.800 bits per heavy atom. The van der Waals surface area contributed by atoms with Crippen molar-refractivity contribution in [3.63, 3.8) is 0 Å². The van der Waals surface area contributed by atoms with Gasteiger partial charge in [-0.25, -0.2) is 9.97 Å². The van der Waals surface area contributed by atoms with Gasteiger partial charge in [-0.1, -0.05) is 24.3 Å². The first-order valence-corrected chi connectivity index (χ1v) is 8.64. The van der Waals surface area contributed by atoms with E-state index in [0.29, 0.717) is 5.88 Å². The molecule has 0 amide bonds. The van der Waals surface area contributed by atoms with E-state index in [-0.39, 0.29) is 0 Å². The van der Waals surface area contributed by atoms with E-state index < -0.39 is 0 Å². The largest absolute Gasteiger partial charge is 0.497 e. The quantitative estimate of drug-likeness (QED) is 0.518. The molecule has 2 aromatic carbocycles. The topological polar surface area (TPSA) is 44.2 Å². The van der Waals surface area contributed by atoms with E-state index in [1.165, 1.54) is 0 Å². The van der Waals surface area contributed by atoms with Crippen molar-refractivity contribution in [3.05, 3.63) is 60.8 Å². The molecule has 0 saturated carbocycles. The average molecular weight is 348 g/mol. The van der Waals surface area contributed by atoms with E-state index in [9.17, 15) is 0 Å². The number of fused-ring (bicyclic) bond motifs is 1. The molecule has 0 aliphatic heterocycles. The normalized spacial score (nSPS) is 10.8. The third-order valence-corrected chi connectivity index (χ3v) is 5.07. The molecule has 4 aromatic rings. The van der Waals surface area contributed by atoms with Crippen molar-refractivity contribution in [1.82, 2.24) is 9.97 Å². The predicted molar refractivity (Wildman–Crippen MR) is 101 cm³/mol. The number of aromatic nitrogens is 2. The number of hydrogen-bond acceptors (Lipinski definition) is 5. The molecule has 0 aliphatic carbocycles. The Morgan fingerprint density at radius 3 is 2.24 bits per heavy atom. The molecule has 2 heterocycles. The molecule has 0 bridgehead atoms. The summed E-state index contributed by atoms with van der Waals surface area (Å²) in [5, 5.41) is 1.00. The van der Waals surface area contributed by atoms with Crippen LogP contribution >= 0.6 is 11.3 Å². The van der Waals surface area contributed by atoms with Crippen LogP contribution in [0.5, 0.6) is 11.6 Å². The molecular formula is C20H16N2O2S. The highest BCUT2D eigenvalue weighted by Gasteiger charge is 2.08. The zero-order chi connectivity index (χ0) is 17.2. The maximum absolute atomic E-state index is 5.28. The summed E-state index contributed by atoms with van der Waals surface area (Å²) in [6.45, 7) is 0. The van der Waals surface area contributed by atoms with Crippen LogP contribution in [0.25, 0.3) is 31.9 Å². The molecule has 4 nitrogen and oxygen atoms in total. The summed E-state index contributed by atoms with van der Waals surface area (Å²) in [5.41, 5.74) is 4.26. The molecular weight excluding hydrogens is 332 g/mol. The molecule has 0 aliphatic rings. The maximum Gasteiger partial charge on any atom is 0.212 e. The molecule has 0 N–H and O–H groups in total. The minimum absolute atomic E-state index is 0.616. The van der Waals surface area contributed by atoms with Gasteiger partial charge in [0, 0.05) is 23.4 Å². The van der Waals surface area contributed by atoms with Gasteiger partial charge in [0.1, 0.15) is 10.8 Å². The number of ether oxygens (including phenoxy) is 2. The molecule has 0 fully saturated rings. The second-order valence-electron chi connectivity index (χ2n) is 5.52. The molecule has 124 valence electrons. The van der Waals surface area contributed by atoms with Crippen LogP contribution in [0.2, 0.25) is 0 Å². The Kier molecular flexibility index (Phi) is 4.07. The minimum atomic E-state index is 0.616. The van der Waals surface area contributed by atoms with Crippen LogP contribution in [0, 0.1) is 0 Å². The van der Waals surface area contributed by atoms with Gasteiger partial charge in [-0.15, -0.1) is 11.3 Å². The third kappa shape index (κ3) is 3.06. The van der Waals surface area contributed by atoms with Crippen LogP contribution in [0.4, 0.5) is 0 Å². The van der Waals surface area contributed by atoms with Crippen LogP contribution in [0.1, 0.15) is 0 Å². The van der Waals surface area contributed by atoms with Crippen LogP contribution in [-0.4, -0.2) is 24.2 Å². The van der Waals surface area contributed by atoms with Crippen molar-refractivity contribution in [2.24, 2.45) is 0 Å². The Balaban J connectivity index is 1.65. The molecule has 2 aromatic heterocycles. The van der Waals surface area contributed by atoms with Gasteiger partial charge in [0.15, 0.2) is 0 Å². The Labute approximate surface area is 149 Å². The molecule has 0 radical (unpaired) electrons. The first kappa shape index (κ1) is 15.6. The number of nitrogens with zero attached hydrogens (tertiary/aromatic N) is 2. The lowest BCUT2D eigenvalue weighted by Crippen LogP contribution is -1.87. The summed E-state index contributed by atoms with van der Waals surface area (Å²) in [6, 6.07) is 18.2. The van der Waals surface area contributed by atoms with E-state index in [1.807, 2.05) is 36.5 Å². The van der Waals surface area contributed by atoms with Gasteiger partial charge in [0.05, 0.1) is 24.4 Å². The number of pyridine rings is 1. The summed E-state index contributed by atoms with van der Waals surface area (Å²) < 4.78 is 11.5. The fourth-order valence-corrected chi connectivity index (χ4v) is 3.63. The van der Waals surface area contributed by atoms with Gasteiger partial charge in [0.25, 0.3) is 0 Å². The SMILES string of the molecule is COc1ccc2nc(-c3ccc(-c4ccc(OC)nc4)cc3)sc2c1. The number of rotatable bonds is 4. The van der Waals surface area contributed by atoms with Crippen molar-refractivity contribution in [2.45, 2.75) is 0 Å². The lowest BCUT2D eigenvalue weighted by Gasteiger charge is -2.04. The Bertz CT molecular complexity index is 1010. The van der Waals surface area contributed by atoms with Crippen LogP contribution in [0.15, 0.2) is 60.8 Å². The third-order valence-electron chi connectivity index (χ3n) is 4.01. The number of methoxy groups -OCH3 is 2. The zero-order valence-corrected chi connectivity index (χ0v) is 14.7. The lowest BCUT2D eigenvalue weighted by molar-refractivity contribution is 0.398. The first-order valence-electron chi connectivity index (χ1n) is 7.82. The summed E-state index contributed by atoms with van der Waals surface area (Å²) >= 11 is 1.67. The summed E-state index contributed by atoms with van der Waals surface area (Å²) in [6.07, 6.45) is 1.82. The van der Waals surface area contributed by atoms with Crippen molar-refractivity contribution < 1.29 is 9.47 Å². The Morgan fingerprint density at radius 2 is 1.56 bits per heavy atom. The highest BCUT2D eigenvalue weighted by atomic mass is 32.1. The molecule has 25 heavy (non-hydrogen) atoms. The summed E-state index contributed by atoms with van der Waals surface area (Å²) in [7, 11) is 3.29. The van der Waals surface area contributed by atoms with Crippen molar-refractivity contribution in [2.75, 3.05) is 14.2 Å². The van der Waals surface area contributed by atoms with Gasteiger partial charge in [-0.2, -0.15) is 0 Å². The highest BCUT2D eigenvalue weighted by molar-refractivity contribution is 7.21. The van der Waals surface area contributed by atoms with E-state index >= 15 is 0 Å². The van der Waals surface area contributed by atoms with Gasteiger partial charge in [0.2, 0.25) is 5.88 Å². The standard InChI is InChI=1S/C20H16N2O2S/c1-23-16-8-9-17-18(11-16)25-20(22-17)14-5-3-13(4-6-14)15-7-10-19(24-2)21-12-15/h3-12H,1-2H3. The lowest BCUT2D eigenvalue weighted by atomic mass is 10.1. The highest BCUT2D eigenvalue weighted by Crippen LogP contribution is 2.33. The zero-order valence-electron chi connectivity index (χ0n) is 13.9. The fourth-order valence-electron chi connectivity index (χ4n) is 2.63. The second kappa shape index (κ2) is 6.53. The van der Waals surface area contributed by atoms with Crippen molar-refractivity contribution >= 4 is 21.6 Å². The molecule has 0 saturated heterocycles. The monoisotopic (exact) mass is 348 g/mol. The van der Waals surface area contributed by atoms with E-state index in [4.69, 9.17) is 14.5 Å². The van der Waals surface area contributed by atoms with Gasteiger partial charge >= 0.3 is 0 Å². The van der Waals surface area contributed by atoms with E-state index in [1.54, 1.807) is 25.6 Å². The van der Waals surface area contributed by atoms with Crippen LogP contribution in [0.3, 0.4) is 0 Å². The molecule has 0 atom stereocenters. The number of thiazole rings is 1.